The first-order valence-corrected chi connectivity index (χ1v) is 11.1. The van der Waals surface area contributed by atoms with Crippen LogP contribution in [-0.2, 0) is 4.79 Å². The third kappa shape index (κ3) is 2.78. The minimum absolute atomic E-state index is 0.170. The number of ether oxygens (including phenoxy) is 1. The maximum absolute atomic E-state index is 12.0. The Balaban J connectivity index is 1.46. The topological polar surface area (TPSA) is 51.2 Å². The van der Waals surface area contributed by atoms with E-state index < -0.39 is 0 Å². The van der Waals surface area contributed by atoms with Crippen LogP contribution >= 0.6 is 0 Å². The number of amides is 1. The van der Waals surface area contributed by atoms with Gasteiger partial charge in [0.25, 0.3) is 0 Å². The fraction of sp³-hybridized carbons (Fsp3) is 0.600. The first-order valence-electron chi connectivity index (χ1n) is 11.1. The van der Waals surface area contributed by atoms with Crippen LogP contribution in [0.3, 0.4) is 0 Å². The van der Waals surface area contributed by atoms with Gasteiger partial charge in [0.15, 0.2) is 0 Å². The summed E-state index contributed by atoms with van der Waals surface area (Å²) in [4.78, 5) is 16.5. The summed E-state index contributed by atoms with van der Waals surface area (Å²) in [5.74, 6) is 3.12. The van der Waals surface area contributed by atoms with Crippen LogP contribution in [-0.4, -0.2) is 18.0 Å². The number of hydrogen-bond donors (Lipinski definition) is 1. The summed E-state index contributed by atoms with van der Waals surface area (Å²) in [7, 11) is 1.71. The molecule has 1 aromatic heterocycles. The number of fused-ring (bicyclic) bond motifs is 5. The molecule has 0 radical (unpaired) electrons. The molecule has 2 fully saturated rings. The number of hydrogen-bond acceptors (Lipinski definition) is 3. The molecule has 4 nitrogen and oxygen atoms in total. The first kappa shape index (κ1) is 18.9. The highest BCUT2D eigenvalue weighted by Crippen LogP contribution is 2.66. The first-order chi connectivity index (χ1) is 14.0. The van der Waals surface area contributed by atoms with E-state index in [0.717, 1.165) is 30.9 Å². The molecule has 154 valence electrons. The Hall–Kier alpha value is -2.10. The number of carbonyl (C=O) groups excluding carboxylic acids is 1. The van der Waals surface area contributed by atoms with Gasteiger partial charge < -0.3 is 10.1 Å². The molecular formula is C25H32N2O2. The molecule has 3 unspecified atom stereocenters. The second kappa shape index (κ2) is 6.72. The van der Waals surface area contributed by atoms with Gasteiger partial charge in [-0.1, -0.05) is 19.9 Å². The highest BCUT2D eigenvalue weighted by molar-refractivity contribution is 5.77. The lowest BCUT2D eigenvalue weighted by molar-refractivity contribution is -0.120. The summed E-state index contributed by atoms with van der Waals surface area (Å²) < 4.78 is 5.43. The lowest BCUT2D eigenvalue weighted by Crippen LogP contribution is -2.48. The molecular weight excluding hydrogens is 360 g/mol. The third-order valence-corrected chi connectivity index (χ3v) is 8.86. The van der Waals surface area contributed by atoms with E-state index in [1.807, 2.05) is 6.20 Å². The van der Waals surface area contributed by atoms with Gasteiger partial charge in [-0.3, -0.25) is 9.78 Å². The summed E-state index contributed by atoms with van der Waals surface area (Å²) >= 11 is 0. The highest BCUT2D eigenvalue weighted by Gasteiger charge is 2.56. The maximum atomic E-state index is 12.0. The van der Waals surface area contributed by atoms with Crippen molar-refractivity contribution in [3.63, 3.8) is 0 Å². The van der Waals surface area contributed by atoms with E-state index in [1.54, 1.807) is 13.3 Å². The SMILES string of the molecule is COc1cncc(C2=CCC3C4CCC5=CNC(=O)CC[C@]5(C)C4CC[C@]23C)c1. The maximum Gasteiger partial charge on any atom is 0.223 e. The molecule has 1 N–H and O–H groups in total. The predicted molar refractivity (Wildman–Crippen MR) is 114 cm³/mol. The minimum Gasteiger partial charge on any atom is -0.495 e. The van der Waals surface area contributed by atoms with E-state index in [9.17, 15) is 4.79 Å². The number of methoxy groups -OCH3 is 1. The van der Waals surface area contributed by atoms with Crippen molar-refractivity contribution in [2.75, 3.05) is 7.11 Å². The van der Waals surface area contributed by atoms with Crippen LogP contribution in [0.4, 0.5) is 0 Å². The number of carbonyl (C=O) groups is 1. The lowest BCUT2D eigenvalue weighted by atomic mass is 9.47. The van der Waals surface area contributed by atoms with Crippen molar-refractivity contribution in [2.24, 2.45) is 28.6 Å². The fourth-order valence-electron chi connectivity index (χ4n) is 7.22. The average Bonchev–Trinajstić information content (AvgIpc) is 3.01. The van der Waals surface area contributed by atoms with E-state index in [-0.39, 0.29) is 16.7 Å². The van der Waals surface area contributed by atoms with Crippen molar-refractivity contribution in [3.8, 4) is 5.75 Å². The molecule has 2 saturated carbocycles. The Labute approximate surface area is 173 Å². The van der Waals surface area contributed by atoms with Crippen molar-refractivity contribution >= 4 is 11.5 Å². The summed E-state index contributed by atoms with van der Waals surface area (Å²) in [6.45, 7) is 4.92. The summed E-state index contributed by atoms with van der Waals surface area (Å²) in [5, 5.41) is 3.03. The van der Waals surface area contributed by atoms with Crippen LogP contribution in [0, 0.1) is 28.6 Å². The molecule has 0 bridgehead atoms. The number of rotatable bonds is 2. The lowest BCUT2D eigenvalue weighted by Gasteiger charge is -2.57. The third-order valence-electron chi connectivity index (χ3n) is 8.86. The molecule has 1 aliphatic heterocycles. The second-order valence-corrected chi connectivity index (χ2v) is 9.99. The van der Waals surface area contributed by atoms with Gasteiger partial charge in [0.05, 0.1) is 13.3 Å². The molecule has 1 aromatic rings. The second-order valence-electron chi connectivity index (χ2n) is 9.99. The van der Waals surface area contributed by atoms with Crippen LogP contribution < -0.4 is 10.1 Å². The summed E-state index contributed by atoms with van der Waals surface area (Å²) in [5.41, 5.74) is 4.56. The minimum atomic E-state index is 0.170. The van der Waals surface area contributed by atoms with Gasteiger partial charge in [-0.25, -0.2) is 0 Å². The Morgan fingerprint density at radius 3 is 2.79 bits per heavy atom. The molecule has 3 aliphatic carbocycles. The molecule has 29 heavy (non-hydrogen) atoms. The van der Waals surface area contributed by atoms with Crippen molar-refractivity contribution in [2.45, 2.75) is 58.8 Å². The summed E-state index contributed by atoms with van der Waals surface area (Å²) in [6.07, 6.45) is 16.0. The number of pyridine rings is 1. The van der Waals surface area contributed by atoms with Gasteiger partial charge >= 0.3 is 0 Å². The zero-order chi connectivity index (χ0) is 20.2. The molecule has 1 amide bonds. The molecule has 0 spiro atoms. The zero-order valence-electron chi connectivity index (χ0n) is 17.8. The van der Waals surface area contributed by atoms with E-state index in [1.165, 1.54) is 36.0 Å². The van der Waals surface area contributed by atoms with Gasteiger partial charge in [-0.2, -0.15) is 0 Å². The highest BCUT2D eigenvalue weighted by atomic mass is 16.5. The molecule has 0 saturated heterocycles. The number of nitrogens with one attached hydrogen (secondary N) is 1. The number of nitrogens with zero attached hydrogens (tertiary/aromatic N) is 1. The largest absolute Gasteiger partial charge is 0.495 e. The quantitative estimate of drug-likeness (QED) is 0.760. The normalized spacial score (nSPS) is 38.6. The van der Waals surface area contributed by atoms with E-state index in [2.05, 4.69) is 42.5 Å². The monoisotopic (exact) mass is 392 g/mol. The van der Waals surface area contributed by atoms with Crippen LogP contribution in [0.25, 0.3) is 5.57 Å². The molecule has 4 aliphatic rings. The van der Waals surface area contributed by atoms with Gasteiger partial charge in [0, 0.05) is 18.8 Å². The van der Waals surface area contributed by atoms with Crippen molar-refractivity contribution < 1.29 is 9.53 Å². The van der Waals surface area contributed by atoms with E-state index in [4.69, 9.17) is 4.74 Å². The Morgan fingerprint density at radius 1 is 1.10 bits per heavy atom. The molecule has 2 heterocycles. The van der Waals surface area contributed by atoms with Gasteiger partial charge in [0.1, 0.15) is 5.75 Å². The van der Waals surface area contributed by atoms with Gasteiger partial charge in [-0.15, -0.1) is 0 Å². The zero-order valence-corrected chi connectivity index (χ0v) is 17.8. The van der Waals surface area contributed by atoms with Crippen LogP contribution in [0.5, 0.6) is 5.75 Å². The fourth-order valence-corrected chi connectivity index (χ4v) is 7.22. The molecule has 5 rings (SSSR count). The van der Waals surface area contributed by atoms with Gasteiger partial charge in [0.2, 0.25) is 5.91 Å². The smallest absolute Gasteiger partial charge is 0.223 e. The number of allylic oxidation sites excluding steroid dienone is 3. The van der Waals surface area contributed by atoms with Crippen LogP contribution in [0.2, 0.25) is 0 Å². The van der Waals surface area contributed by atoms with Crippen molar-refractivity contribution in [1.29, 1.82) is 0 Å². The number of aromatic nitrogens is 1. The average molecular weight is 393 g/mol. The molecule has 0 aromatic carbocycles. The Morgan fingerprint density at radius 2 is 1.97 bits per heavy atom. The summed E-state index contributed by atoms with van der Waals surface area (Å²) in [6, 6.07) is 2.14. The Kier molecular flexibility index (Phi) is 4.38. The Bertz CT molecular complexity index is 904. The van der Waals surface area contributed by atoms with E-state index >= 15 is 0 Å². The van der Waals surface area contributed by atoms with Gasteiger partial charge in [-0.05, 0) is 89.9 Å². The van der Waals surface area contributed by atoms with E-state index in [0.29, 0.717) is 18.3 Å². The predicted octanol–water partition coefficient (Wildman–Crippen LogP) is 5.12. The molecule has 5 atom stereocenters. The van der Waals surface area contributed by atoms with Crippen LogP contribution in [0.1, 0.15) is 64.4 Å². The molecule has 4 heteroatoms. The standard InChI is InChI=1S/C25H32N2O2/c1-24-11-9-23(28)27-14-17(24)4-5-19-21-7-6-20(25(21,2)10-8-22(19)24)16-12-18(29-3)15-26-13-16/h6,12-15,19,21-22H,4-5,7-11H2,1-3H3,(H,27,28)/t19?,21?,22?,24-,25+/m0/s1. The van der Waals surface area contributed by atoms with Crippen molar-refractivity contribution in [3.05, 3.63) is 41.9 Å². The van der Waals surface area contributed by atoms with Crippen molar-refractivity contribution in [1.82, 2.24) is 10.3 Å². The van der Waals surface area contributed by atoms with Crippen LogP contribution in [0.15, 0.2) is 36.3 Å².